The number of aliphatic hydroxyl groups excluding tert-OH is 1. The van der Waals surface area contributed by atoms with Crippen molar-refractivity contribution in [2.45, 2.75) is 39.5 Å². The van der Waals surface area contributed by atoms with E-state index in [1.54, 1.807) is 0 Å². The van der Waals surface area contributed by atoms with Gasteiger partial charge in [0.2, 0.25) is 0 Å². The van der Waals surface area contributed by atoms with Crippen LogP contribution in [0.1, 0.15) is 39.5 Å². The molecule has 4 nitrogen and oxygen atoms in total. The number of carbonyl (C=O) groups excluding carboxylic acids is 2. The minimum absolute atomic E-state index is 0.0281. The van der Waals surface area contributed by atoms with E-state index in [-0.39, 0.29) is 36.3 Å². The molecule has 2 aliphatic rings. The number of Topliss-reactive ketones (excluding diaryl/α,β-unsaturated/α-hetero) is 1. The minimum Gasteiger partial charge on any atom is -0.461 e. The summed E-state index contributed by atoms with van der Waals surface area (Å²) in [7, 11) is 0. The summed E-state index contributed by atoms with van der Waals surface area (Å²) in [6, 6.07) is 0. The third-order valence-corrected chi connectivity index (χ3v) is 5.00. The number of hydrogen-bond donors (Lipinski definition) is 1. The fraction of sp³-hybridized carbons (Fsp3) is 0.647. The SMILES string of the molecule is C=C1CC/C=C(/COC(C)=O)C(=O)C[C@@H]2[C@H]1C[C@]2(C)CO. The molecule has 0 saturated heterocycles. The van der Waals surface area contributed by atoms with Crippen molar-refractivity contribution in [2.24, 2.45) is 17.3 Å². The monoisotopic (exact) mass is 292 g/mol. The van der Waals surface area contributed by atoms with Crippen molar-refractivity contribution < 1.29 is 19.4 Å². The van der Waals surface area contributed by atoms with E-state index < -0.39 is 0 Å². The van der Waals surface area contributed by atoms with Crippen molar-refractivity contribution in [3.05, 3.63) is 23.8 Å². The van der Waals surface area contributed by atoms with Crippen molar-refractivity contribution >= 4 is 11.8 Å². The molecule has 0 bridgehead atoms. The molecule has 0 aromatic rings. The number of hydrogen-bond acceptors (Lipinski definition) is 4. The molecule has 1 fully saturated rings. The normalized spacial score (nSPS) is 35.5. The Hall–Kier alpha value is -1.42. The van der Waals surface area contributed by atoms with Gasteiger partial charge in [-0.1, -0.05) is 25.2 Å². The molecule has 4 heteroatoms. The Morgan fingerprint density at radius 1 is 1.57 bits per heavy atom. The zero-order chi connectivity index (χ0) is 15.6. The fourth-order valence-corrected chi connectivity index (χ4v) is 3.50. The average molecular weight is 292 g/mol. The van der Waals surface area contributed by atoms with Gasteiger partial charge in [0, 0.05) is 25.5 Å². The van der Waals surface area contributed by atoms with E-state index in [1.165, 1.54) is 12.5 Å². The third-order valence-electron chi connectivity index (χ3n) is 5.00. The summed E-state index contributed by atoms with van der Waals surface area (Å²) in [4.78, 5) is 23.4. The van der Waals surface area contributed by atoms with Gasteiger partial charge in [0.1, 0.15) is 6.61 Å². The van der Waals surface area contributed by atoms with E-state index in [1.807, 2.05) is 13.0 Å². The molecule has 116 valence electrons. The minimum atomic E-state index is -0.380. The fourth-order valence-electron chi connectivity index (χ4n) is 3.50. The van der Waals surface area contributed by atoms with Gasteiger partial charge in [-0.05, 0) is 36.5 Å². The van der Waals surface area contributed by atoms with Gasteiger partial charge in [0.15, 0.2) is 5.78 Å². The molecule has 2 rings (SSSR count). The first-order valence-corrected chi connectivity index (χ1v) is 7.51. The van der Waals surface area contributed by atoms with Gasteiger partial charge in [0.05, 0.1) is 0 Å². The average Bonchev–Trinajstić information content (AvgIpc) is 2.48. The van der Waals surface area contributed by atoms with Crippen molar-refractivity contribution in [2.75, 3.05) is 13.2 Å². The van der Waals surface area contributed by atoms with Crippen LogP contribution >= 0.6 is 0 Å². The zero-order valence-electron chi connectivity index (χ0n) is 12.9. The molecule has 2 aliphatic carbocycles. The van der Waals surface area contributed by atoms with Gasteiger partial charge in [-0.3, -0.25) is 9.59 Å². The number of fused-ring (bicyclic) bond motifs is 1. The Labute approximate surface area is 125 Å². The smallest absolute Gasteiger partial charge is 0.302 e. The molecule has 0 unspecified atom stereocenters. The topological polar surface area (TPSA) is 63.6 Å². The lowest BCUT2D eigenvalue weighted by molar-refractivity contribution is -0.140. The van der Waals surface area contributed by atoms with E-state index >= 15 is 0 Å². The summed E-state index contributed by atoms with van der Waals surface area (Å²) >= 11 is 0. The van der Waals surface area contributed by atoms with Gasteiger partial charge in [-0.2, -0.15) is 0 Å². The summed E-state index contributed by atoms with van der Waals surface area (Å²) < 4.78 is 4.97. The second-order valence-corrected chi connectivity index (χ2v) is 6.56. The molecule has 0 aromatic carbocycles. The number of aliphatic hydroxyl groups is 1. The molecule has 0 aliphatic heterocycles. The van der Waals surface area contributed by atoms with Crippen molar-refractivity contribution in [3.8, 4) is 0 Å². The van der Waals surface area contributed by atoms with Crippen LogP contribution in [0, 0.1) is 17.3 Å². The maximum atomic E-state index is 12.5. The first kappa shape index (κ1) is 16.0. The highest BCUT2D eigenvalue weighted by Crippen LogP contribution is 2.56. The summed E-state index contributed by atoms with van der Waals surface area (Å²) in [6.07, 6.45) is 4.77. The van der Waals surface area contributed by atoms with Gasteiger partial charge in [-0.25, -0.2) is 0 Å². The van der Waals surface area contributed by atoms with Crippen LogP contribution in [-0.4, -0.2) is 30.1 Å². The predicted molar refractivity (Wildman–Crippen MR) is 79.5 cm³/mol. The van der Waals surface area contributed by atoms with Crippen LogP contribution in [0.4, 0.5) is 0 Å². The second kappa shape index (κ2) is 6.14. The van der Waals surface area contributed by atoms with Gasteiger partial charge in [0.25, 0.3) is 0 Å². The number of allylic oxidation sites excluding steroid dienone is 2. The Balaban J connectivity index is 2.15. The van der Waals surface area contributed by atoms with E-state index in [0.29, 0.717) is 17.9 Å². The van der Waals surface area contributed by atoms with Crippen molar-refractivity contribution in [1.29, 1.82) is 0 Å². The summed E-state index contributed by atoms with van der Waals surface area (Å²) in [5.41, 5.74) is 1.55. The van der Waals surface area contributed by atoms with Crippen LogP contribution in [0.2, 0.25) is 0 Å². The molecule has 1 saturated carbocycles. The molecule has 0 aromatic heterocycles. The first-order valence-electron chi connectivity index (χ1n) is 7.51. The predicted octanol–water partition coefficient (Wildman–Crippen LogP) is 2.42. The summed E-state index contributed by atoms with van der Waals surface area (Å²) in [6.45, 7) is 7.67. The first-order chi connectivity index (χ1) is 9.87. The van der Waals surface area contributed by atoms with Crippen LogP contribution in [0.3, 0.4) is 0 Å². The van der Waals surface area contributed by atoms with Gasteiger partial charge >= 0.3 is 5.97 Å². The summed E-state index contributed by atoms with van der Waals surface area (Å²) in [5.74, 6) is 0.115. The standard InChI is InChI=1S/C17H24O4/c1-11-5-4-6-13(9-21-12(2)19)16(20)7-15-14(11)8-17(15,3)10-18/h6,14-15,18H,1,4-5,7-10H2,2-3H3/b13-6-/t14-,15+,17+/m0/s1. The number of ketones is 1. The lowest BCUT2D eigenvalue weighted by Crippen LogP contribution is -2.49. The Morgan fingerprint density at radius 2 is 2.29 bits per heavy atom. The molecule has 0 amide bonds. The maximum absolute atomic E-state index is 12.5. The molecule has 1 N–H and O–H groups in total. The Bertz CT molecular complexity index is 491. The lowest BCUT2D eigenvalue weighted by Gasteiger charge is -2.53. The Morgan fingerprint density at radius 3 is 2.90 bits per heavy atom. The van der Waals surface area contributed by atoms with Crippen molar-refractivity contribution in [3.63, 3.8) is 0 Å². The Kier molecular flexibility index (Phi) is 4.67. The van der Waals surface area contributed by atoms with Crippen LogP contribution in [0.5, 0.6) is 0 Å². The van der Waals surface area contributed by atoms with E-state index in [4.69, 9.17) is 4.74 Å². The van der Waals surface area contributed by atoms with Crippen LogP contribution in [-0.2, 0) is 14.3 Å². The van der Waals surface area contributed by atoms with Crippen LogP contribution < -0.4 is 0 Å². The van der Waals surface area contributed by atoms with Crippen LogP contribution in [0.25, 0.3) is 0 Å². The molecular weight excluding hydrogens is 268 g/mol. The molecule has 0 spiro atoms. The quantitative estimate of drug-likeness (QED) is 0.641. The second-order valence-electron chi connectivity index (χ2n) is 6.56. The molecule has 0 radical (unpaired) electrons. The summed E-state index contributed by atoms with van der Waals surface area (Å²) in [5, 5.41) is 9.61. The zero-order valence-corrected chi connectivity index (χ0v) is 12.9. The van der Waals surface area contributed by atoms with E-state index in [9.17, 15) is 14.7 Å². The number of ether oxygens (including phenoxy) is 1. The third kappa shape index (κ3) is 3.26. The van der Waals surface area contributed by atoms with Gasteiger partial charge in [-0.15, -0.1) is 0 Å². The molecular formula is C17H24O4. The molecule has 21 heavy (non-hydrogen) atoms. The molecule has 3 atom stereocenters. The highest BCUT2D eigenvalue weighted by atomic mass is 16.5. The van der Waals surface area contributed by atoms with E-state index in [0.717, 1.165) is 19.3 Å². The number of carbonyl (C=O) groups is 2. The largest absolute Gasteiger partial charge is 0.461 e. The highest BCUT2D eigenvalue weighted by molar-refractivity contribution is 5.96. The van der Waals surface area contributed by atoms with E-state index in [2.05, 4.69) is 6.58 Å². The maximum Gasteiger partial charge on any atom is 0.302 e. The molecule has 0 heterocycles. The number of rotatable bonds is 3. The van der Waals surface area contributed by atoms with Crippen LogP contribution in [0.15, 0.2) is 23.8 Å². The highest BCUT2D eigenvalue weighted by Gasteiger charge is 2.51. The lowest BCUT2D eigenvalue weighted by atomic mass is 9.51. The number of esters is 1. The van der Waals surface area contributed by atoms with Crippen molar-refractivity contribution in [1.82, 2.24) is 0 Å². The van der Waals surface area contributed by atoms with Gasteiger partial charge < -0.3 is 9.84 Å².